The predicted octanol–water partition coefficient (Wildman–Crippen LogP) is 2.37. The Balaban J connectivity index is 1.86. The van der Waals surface area contributed by atoms with Crippen molar-refractivity contribution in [3.05, 3.63) is 0 Å². The highest BCUT2D eigenvalue weighted by molar-refractivity contribution is 4.89. The van der Waals surface area contributed by atoms with Gasteiger partial charge in [0.2, 0.25) is 0 Å². The molecular formula is C16H32N2O. The number of hydrogen-bond acceptors (Lipinski definition) is 3. The molecule has 0 spiro atoms. The molecule has 0 amide bonds. The Hall–Kier alpha value is -0.120. The van der Waals surface area contributed by atoms with E-state index in [0.29, 0.717) is 12.1 Å². The number of hydrogen-bond donors (Lipinski definition) is 1. The second kappa shape index (κ2) is 7.05. The highest BCUT2D eigenvalue weighted by Crippen LogP contribution is 2.34. The lowest BCUT2D eigenvalue weighted by molar-refractivity contribution is 0.0244. The minimum Gasteiger partial charge on any atom is -0.381 e. The number of nitrogens with one attached hydrogen (secondary N) is 1. The van der Waals surface area contributed by atoms with E-state index < -0.39 is 0 Å². The molecule has 1 saturated carbocycles. The Morgan fingerprint density at radius 1 is 1.16 bits per heavy atom. The van der Waals surface area contributed by atoms with Crippen LogP contribution >= 0.6 is 0 Å². The van der Waals surface area contributed by atoms with E-state index in [1.165, 1.54) is 45.3 Å². The quantitative estimate of drug-likeness (QED) is 0.847. The van der Waals surface area contributed by atoms with Crippen LogP contribution in [0.3, 0.4) is 0 Å². The van der Waals surface area contributed by atoms with Gasteiger partial charge in [0.1, 0.15) is 0 Å². The lowest BCUT2D eigenvalue weighted by Gasteiger charge is -2.43. The van der Waals surface area contributed by atoms with Gasteiger partial charge in [-0.05, 0) is 50.5 Å². The Kier molecular flexibility index (Phi) is 5.67. The fraction of sp³-hybridized carbons (Fsp3) is 1.00. The van der Waals surface area contributed by atoms with Crippen molar-refractivity contribution in [3.8, 4) is 0 Å². The maximum atomic E-state index is 5.47. The van der Waals surface area contributed by atoms with Crippen LogP contribution < -0.4 is 5.32 Å². The van der Waals surface area contributed by atoms with Gasteiger partial charge in [-0.3, -0.25) is 0 Å². The summed E-state index contributed by atoms with van der Waals surface area (Å²) in [5.41, 5.74) is 0. The number of ether oxygens (including phenoxy) is 1. The molecule has 1 heterocycles. The van der Waals surface area contributed by atoms with E-state index in [1.54, 1.807) is 0 Å². The van der Waals surface area contributed by atoms with Gasteiger partial charge in [-0.25, -0.2) is 0 Å². The Labute approximate surface area is 119 Å². The molecule has 4 unspecified atom stereocenters. The van der Waals surface area contributed by atoms with Crippen molar-refractivity contribution in [3.63, 3.8) is 0 Å². The van der Waals surface area contributed by atoms with Crippen LogP contribution in [0.2, 0.25) is 0 Å². The molecule has 1 aliphatic heterocycles. The Morgan fingerprint density at radius 2 is 1.84 bits per heavy atom. The zero-order chi connectivity index (χ0) is 13.8. The van der Waals surface area contributed by atoms with E-state index in [-0.39, 0.29) is 0 Å². The van der Waals surface area contributed by atoms with Crippen LogP contribution in [0.5, 0.6) is 0 Å². The molecule has 0 aromatic rings. The summed E-state index contributed by atoms with van der Waals surface area (Å²) in [5, 5.41) is 3.57. The number of likely N-dealkylation sites (tertiary alicyclic amines) is 1. The third-order valence-corrected chi connectivity index (χ3v) is 5.39. The first-order chi connectivity index (χ1) is 9.13. The minimum absolute atomic E-state index is 0.500. The van der Waals surface area contributed by atoms with Gasteiger partial charge in [0.25, 0.3) is 0 Å². The average Bonchev–Trinajstić information content (AvgIpc) is 2.42. The zero-order valence-corrected chi connectivity index (χ0v) is 13.2. The van der Waals surface area contributed by atoms with E-state index >= 15 is 0 Å². The van der Waals surface area contributed by atoms with Crippen molar-refractivity contribution >= 4 is 0 Å². The minimum atomic E-state index is 0.500. The summed E-state index contributed by atoms with van der Waals surface area (Å²) in [4.78, 5) is 2.66. The molecule has 1 saturated heterocycles. The first-order valence-corrected chi connectivity index (χ1v) is 8.06. The molecule has 2 fully saturated rings. The van der Waals surface area contributed by atoms with Gasteiger partial charge in [0.15, 0.2) is 0 Å². The lowest BCUT2D eigenvalue weighted by atomic mass is 9.72. The second-order valence-electron chi connectivity index (χ2n) is 6.85. The van der Waals surface area contributed by atoms with Crippen LogP contribution in [0, 0.1) is 17.8 Å². The predicted molar refractivity (Wildman–Crippen MR) is 80.4 cm³/mol. The first-order valence-electron chi connectivity index (χ1n) is 8.06. The summed E-state index contributed by atoms with van der Waals surface area (Å²) in [6.07, 6.45) is 5.66. The van der Waals surface area contributed by atoms with Crippen molar-refractivity contribution in [1.82, 2.24) is 10.2 Å². The molecule has 0 radical (unpaired) electrons. The van der Waals surface area contributed by atoms with Crippen LogP contribution in [0.25, 0.3) is 0 Å². The van der Waals surface area contributed by atoms with Crippen LogP contribution in [-0.4, -0.2) is 50.8 Å². The zero-order valence-electron chi connectivity index (χ0n) is 13.2. The van der Waals surface area contributed by atoms with Crippen molar-refractivity contribution in [2.45, 2.75) is 51.7 Å². The number of nitrogens with zero attached hydrogens (tertiary/aromatic N) is 1. The first kappa shape index (κ1) is 15.3. The second-order valence-corrected chi connectivity index (χ2v) is 6.85. The highest BCUT2D eigenvalue weighted by atomic mass is 16.5. The molecule has 3 heteroatoms. The van der Waals surface area contributed by atoms with Gasteiger partial charge in [-0.2, -0.15) is 0 Å². The van der Waals surface area contributed by atoms with Gasteiger partial charge in [-0.15, -0.1) is 0 Å². The summed E-state index contributed by atoms with van der Waals surface area (Å²) < 4.78 is 5.47. The van der Waals surface area contributed by atoms with Crippen molar-refractivity contribution in [2.75, 3.05) is 33.8 Å². The summed E-state index contributed by atoms with van der Waals surface area (Å²) in [7, 11) is 3.99. The topological polar surface area (TPSA) is 24.5 Å². The molecule has 2 rings (SSSR count). The largest absolute Gasteiger partial charge is 0.381 e. The van der Waals surface area contributed by atoms with Gasteiger partial charge in [0.05, 0.1) is 6.10 Å². The van der Waals surface area contributed by atoms with Gasteiger partial charge < -0.3 is 15.0 Å². The molecule has 4 atom stereocenters. The van der Waals surface area contributed by atoms with Crippen LogP contribution in [0.4, 0.5) is 0 Å². The number of rotatable bonds is 4. The van der Waals surface area contributed by atoms with E-state index in [1.807, 2.05) is 7.11 Å². The monoisotopic (exact) mass is 268 g/mol. The molecule has 0 aromatic carbocycles. The third kappa shape index (κ3) is 3.93. The third-order valence-electron chi connectivity index (χ3n) is 5.39. The maximum absolute atomic E-state index is 5.47. The molecular weight excluding hydrogens is 236 g/mol. The smallest absolute Gasteiger partial charge is 0.0595 e. The molecule has 112 valence electrons. The molecule has 1 N–H and O–H groups in total. The SMILES string of the molecule is CNC1CC(C)CC(C)C1CN1CCC(OC)CC1. The lowest BCUT2D eigenvalue weighted by Crippen LogP contribution is -2.49. The summed E-state index contributed by atoms with van der Waals surface area (Å²) in [5.74, 6) is 2.55. The average molecular weight is 268 g/mol. The standard InChI is InChI=1S/C16H32N2O/c1-12-9-13(2)15(16(10-12)17-3)11-18-7-5-14(19-4)6-8-18/h12-17H,5-11H2,1-4H3. The summed E-state index contributed by atoms with van der Waals surface area (Å²) in [6, 6.07) is 0.707. The summed E-state index contributed by atoms with van der Waals surface area (Å²) >= 11 is 0. The normalized spacial score (nSPS) is 38.5. The summed E-state index contributed by atoms with van der Waals surface area (Å²) in [6.45, 7) is 8.56. The molecule has 0 aromatic heterocycles. The van der Waals surface area contributed by atoms with Gasteiger partial charge in [0, 0.05) is 32.8 Å². The van der Waals surface area contributed by atoms with Crippen molar-refractivity contribution in [1.29, 1.82) is 0 Å². The molecule has 1 aliphatic carbocycles. The Bertz CT molecular complexity index is 263. The van der Waals surface area contributed by atoms with E-state index in [0.717, 1.165) is 17.8 Å². The van der Waals surface area contributed by atoms with E-state index in [4.69, 9.17) is 4.74 Å². The Morgan fingerprint density at radius 3 is 2.42 bits per heavy atom. The highest BCUT2D eigenvalue weighted by Gasteiger charge is 2.34. The van der Waals surface area contributed by atoms with Crippen LogP contribution in [-0.2, 0) is 4.74 Å². The molecule has 19 heavy (non-hydrogen) atoms. The molecule has 2 aliphatic rings. The molecule has 3 nitrogen and oxygen atoms in total. The van der Waals surface area contributed by atoms with Gasteiger partial charge >= 0.3 is 0 Å². The van der Waals surface area contributed by atoms with Crippen LogP contribution in [0.15, 0.2) is 0 Å². The van der Waals surface area contributed by atoms with Crippen LogP contribution in [0.1, 0.15) is 39.5 Å². The van der Waals surface area contributed by atoms with E-state index in [2.05, 4.69) is 31.1 Å². The number of methoxy groups -OCH3 is 1. The van der Waals surface area contributed by atoms with E-state index in [9.17, 15) is 0 Å². The van der Waals surface area contributed by atoms with Gasteiger partial charge in [-0.1, -0.05) is 13.8 Å². The fourth-order valence-corrected chi connectivity index (χ4v) is 4.18. The maximum Gasteiger partial charge on any atom is 0.0595 e. The fourth-order valence-electron chi connectivity index (χ4n) is 4.18. The molecule has 0 bridgehead atoms. The van der Waals surface area contributed by atoms with Crippen molar-refractivity contribution in [2.24, 2.45) is 17.8 Å². The van der Waals surface area contributed by atoms with Crippen molar-refractivity contribution < 1.29 is 4.74 Å². The number of piperidine rings is 1.